The van der Waals surface area contributed by atoms with Crippen LogP contribution in [0.4, 0.5) is 0 Å². The molecule has 0 amide bonds. The molecule has 5 rings (SSSR count). The van der Waals surface area contributed by atoms with Gasteiger partial charge < -0.3 is 15.7 Å². The third kappa shape index (κ3) is 7.37. The molecule has 3 N–H and O–H groups in total. The number of aromatic hydroxyl groups is 1. The Balaban J connectivity index is 0.000000199. The number of phenolic OH excluding ortho intramolecular Hbond substituents is 1. The smallest absolute Gasteiger partial charge is 0.122 e. The number of amidine groups is 2. The van der Waals surface area contributed by atoms with Gasteiger partial charge in [-0.05, 0) is 64.3 Å². The Hall–Kier alpha value is -3.34. The van der Waals surface area contributed by atoms with Crippen molar-refractivity contribution in [3.05, 3.63) is 76.3 Å². The predicted octanol–water partition coefficient (Wildman–Crippen LogP) is 6.65. The molecule has 0 aromatic heterocycles. The molecule has 0 saturated carbocycles. The van der Waals surface area contributed by atoms with Gasteiger partial charge in [0.2, 0.25) is 0 Å². The molecule has 0 bridgehead atoms. The van der Waals surface area contributed by atoms with Crippen LogP contribution >= 0.6 is 0 Å². The SMILES string of the molecule is CC.Cc1cc(C(C)(C)C)c(O)c(C)c1CC1=NCCN1.c1ccc2c(CC3=NCCCN3)cccc2c1. The van der Waals surface area contributed by atoms with Gasteiger partial charge in [-0.3, -0.25) is 9.98 Å². The molecular formula is C33H46N4O. The maximum atomic E-state index is 10.5. The summed E-state index contributed by atoms with van der Waals surface area (Å²) >= 11 is 0. The van der Waals surface area contributed by atoms with Crippen LogP contribution in [0.1, 0.15) is 68.9 Å². The highest BCUT2D eigenvalue weighted by atomic mass is 16.3. The Bertz CT molecular complexity index is 1280. The fraction of sp³-hybridized carbons (Fsp3) is 0.455. The molecule has 0 atom stereocenters. The lowest BCUT2D eigenvalue weighted by Gasteiger charge is -2.24. The molecule has 2 heterocycles. The first-order valence-electron chi connectivity index (χ1n) is 14.1. The second-order valence-corrected chi connectivity index (χ2v) is 10.8. The van der Waals surface area contributed by atoms with E-state index in [-0.39, 0.29) is 5.41 Å². The van der Waals surface area contributed by atoms with Crippen LogP contribution in [0.5, 0.6) is 5.75 Å². The fourth-order valence-corrected chi connectivity index (χ4v) is 4.92. The van der Waals surface area contributed by atoms with Gasteiger partial charge in [0.05, 0.1) is 6.54 Å². The Kier molecular flexibility index (Phi) is 10.3. The first-order valence-corrected chi connectivity index (χ1v) is 14.1. The van der Waals surface area contributed by atoms with Gasteiger partial charge in [0.15, 0.2) is 0 Å². The Morgan fingerprint density at radius 2 is 1.50 bits per heavy atom. The fourth-order valence-electron chi connectivity index (χ4n) is 4.92. The predicted molar refractivity (Wildman–Crippen MR) is 164 cm³/mol. The first-order chi connectivity index (χ1) is 18.2. The summed E-state index contributed by atoms with van der Waals surface area (Å²) in [6, 6.07) is 17.1. The average Bonchev–Trinajstić information content (AvgIpc) is 3.44. The quantitative estimate of drug-likeness (QED) is 0.365. The summed E-state index contributed by atoms with van der Waals surface area (Å²) in [5.41, 5.74) is 5.75. The van der Waals surface area contributed by atoms with Crippen LogP contribution in [-0.2, 0) is 18.3 Å². The Labute approximate surface area is 229 Å². The zero-order chi connectivity index (χ0) is 27.7. The summed E-state index contributed by atoms with van der Waals surface area (Å²) in [7, 11) is 0. The normalized spacial score (nSPS) is 14.7. The molecule has 204 valence electrons. The summed E-state index contributed by atoms with van der Waals surface area (Å²) in [6.45, 7) is 18.3. The van der Waals surface area contributed by atoms with Crippen LogP contribution in [0.15, 0.2) is 58.5 Å². The minimum atomic E-state index is -0.0404. The molecule has 0 saturated heterocycles. The van der Waals surface area contributed by atoms with Crippen molar-refractivity contribution in [3.8, 4) is 5.75 Å². The lowest BCUT2D eigenvalue weighted by atomic mass is 9.82. The van der Waals surface area contributed by atoms with Gasteiger partial charge in [0.25, 0.3) is 0 Å². The van der Waals surface area contributed by atoms with Crippen LogP contribution in [-0.4, -0.2) is 43.0 Å². The van der Waals surface area contributed by atoms with E-state index in [2.05, 4.69) is 96.8 Å². The van der Waals surface area contributed by atoms with Gasteiger partial charge in [0.1, 0.15) is 17.4 Å². The molecule has 3 aromatic rings. The summed E-state index contributed by atoms with van der Waals surface area (Å²) in [4.78, 5) is 8.98. The second kappa shape index (κ2) is 13.5. The number of rotatable bonds is 4. The zero-order valence-corrected chi connectivity index (χ0v) is 24.4. The minimum Gasteiger partial charge on any atom is -0.507 e. The van der Waals surface area contributed by atoms with E-state index < -0.39 is 0 Å². The monoisotopic (exact) mass is 514 g/mol. The maximum Gasteiger partial charge on any atom is 0.122 e. The van der Waals surface area contributed by atoms with Crippen molar-refractivity contribution in [2.24, 2.45) is 9.98 Å². The lowest BCUT2D eigenvalue weighted by Crippen LogP contribution is -2.30. The highest BCUT2D eigenvalue weighted by molar-refractivity contribution is 5.92. The summed E-state index contributed by atoms with van der Waals surface area (Å²) in [5, 5.41) is 19.8. The number of phenols is 1. The van der Waals surface area contributed by atoms with E-state index in [1.807, 2.05) is 20.8 Å². The molecule has 38 heavy (non-hydrogen) atoms. The summed E-state index contributed by atoms with van der Waals surface area (Å²) in [6.07, 6.45) is 2.86. The van der Waals surface area contributed by atoms with Crippen molar-refractivity contribution in [1.82, 2.24) is 10.6 Å². The van der Waals surface area contributed by atoms with E-state index in [0.717, 1.165) is 68.2 Å². The van der Waals surface area contributed by atoms with Crippen LogP contribution in [0.25, 0.3) is 10.8 Å². The first kappa shape index (κ1) is 29.2. The second-order valence-electron chi connectivity index (χ2n) is 10.8. The highest BCUT2D eigenvalue weighted by Crippen LogP contribution is 2.36. The van der Waals surface area contributed by atoms with Gasteiger partial charge in [-0.2, -0.15) is 0 Å². The molecule has 0 spiro atoms. The third-order valence-corrected chi connectivity index (χ3v) is 7.00. The molecule has 0 aliphatic carbocycles. The van der Waals surface area contributed by atoms with Crippen molar-refractivity contribution in [1.29, 1.82) is 0 Å². The van der Waals surface area contributed by atoms with Crippen molar-refractivity contribution in [2.45, 2.75) is 73.1 Å². The van der Waals surface area contributed by atoms with E-state index in [4.69, 9.17) is 0 Å². The summed E-state index contributed by atoms with van der Waals surface area (Å²) in [5.74, 6) is 2.61. The zero-order valence-electron chi connectivity index (χ0n) is 24.4. The van der Waals surface area contributed by atoms with Gasteiger partial charge in [-0.25, -0.2) is 0 Å². The van der Waals surface area contributed by atoms with Crippen molar-refractivity contribution in [2.75, 3.05) is 26.2 Å². The van der Waals surface area contributed by atoms with E-state index >= 15 is 0 Å². The van der Waals surface area contributed by atoms with Crippen molar-refractivity contribution in [3.63, 3.8) is 0 Å². The summed E-state index contributed by atoms with van der Waals surface area (Å²) < 4.78 is 0. The lowest BCUT2D eigenvalue weighted by molar-refractivity contribution is 0.442. The molecule has 2 aliphatic rings. The Morgan fingerprint density at radius 1 is 0.842 bits per heavy atom. The van der Waals surface area contributed by atoms with Crippen LogP contribution in [0.2, 0.25) is 0 Å². The van der Waals surface area contributed by atoms with Gasteiger partial charge in [-0.15, -0.1) is 0 Å². The number of benzene rings is 3. The largest absolute Gasteiger partial charge is 0.507 e. The molecule has 0 unspecified atom stereocenters. The van der Waals surface area contributed by atoms with E-state index in [0.29, 0.717) is 5.75 Å². The third-order valence-electron chi connectivity index (χ3n) is 7.00. The number of fused-ring (bicyclic) bond motifs is 1. The molecule has 5 heteroatoms. The minimum absolute atomic E-state index is 0.0404. The average molecular weight is 515 g/mol. The molecule has 2 aliphatic heterocycles. The molecule has 0 radical (unpaired) electrons. The number of nitrogens with one attached hydrogen (secondary N) is 2. The molecular weight excluding hydrogens is 468 g/mol. The van der Waals surface area contributed by atoms with E-state index in [9.17, 15) is 5.11 Å². The van der Waals surface area contributed by atoms with Gasteiger partial charge in [-0.1, -0.05) is 83.1 Å². The molecule has 3 aromatic carbocycles. The topological polar surface area (TPSA) is 69.0 Å². The van der Waals surface area contributed by atoms with Crippen molar-refractivity contribution >= 4 is 22.4 Å². The number of aliphatic imine (C=N–C) groups is 2. The highest BCUT2D eigenvalue weighted by Gasteiger charge is 2.22. The number of hydrogen-bond acceptors (Lipinski definition) is 5. The standard InChI is InChI=1S/C16H24N2O.C15H16N2.C2H6/c1-10-8-13(16(3,4)5)15(19)11(2)12(10)9-14-17-6-7-18-14;1-2-8-14-12(5-1)6-3-7-13(14)11-15-16-9-4-10-17-15;1-2/h8,19H,6-7,9H2,1-5H3,(H,17,18);1-3,5-8H,4,9-11H2,(H,16,17);1-2H3. The van der Waals surface area contributed by atoms with Gasteiger partial charge >= 0.3 is 0 Å². The van der Waals surface area contributed by atoms with Crippen LogP contribution < -0.4 is 10.6 Å². The maximum absolute atomic E-state index is 10.5. The van der Waals surface area contributed by atoms with Gasteiger partial charge in [0, 0.05) is 32.5 Å². The Morgan fingerprint density at radius 3 is 2.16 bits per heavy atom. The van der Waals surface area contributed by atoms with Crippen LogP contribution in [0.3, 0.4) is 0 Å². The van der Waals surface area contributed by atoms with Crippen LogP contribution in [0, 0.1) is 13.8 Å². The number of hydrogen-bond donors (Lipinski definition) is 3. The number of nitrogens with zero attached hydrogens (tertiary/aromatic N) is 2. The number of aryl methyl sites for hydroxylation is 1. The molecule has 0 fully saturated rings. The van der Waals surface area contributed by atoms with E-state index in [1.165, 1.54) is 27.5 Å². The van der Waals surface area contributed by atoms with E-state index in [1.54, 1.807) is 0 Å². The van der Waals surface area contributed by atoms with Crippen molar-refractivity contribution < 1.29 is 5.11 Å². The molecule has 5 nitrogen and oxygen atoms in total.